The van der Waals surface area contributed by atoms with Crippen LogP contribution in [-0.2, 0) is 0 Å². The van der Waals surface area contributed by atoms with E-state index in [0.29, 0.717) is 0 Å². The van der Waals surface area contributed by atoms with Crippen molar-refractivity contribution in [1.82, 2.24) is 9.21 Å². The van der Waals surface area contributed by atoms with Crippen molar-refractivity contribution >= 4 is 18.8 Å². The second kappa shape index (κ2) is 2.47. The van der Waals surface area contributed by atoms with Crippen LogP contribution in [0.15, 0.2) is 0 Å². The quantitative estimate of drug-likeness (QED) is 0.497. The van der Waals surface area contributed by atoms with E-state index in [-0.39, 0.29) is 6.03 Å². The maximum atomic E-state index is 10.9. The number of hydrogen-bond donors (Lipinski definition) is 1. The maximum absolute atomic E-state index is 10.9. The van der Waals surface area contributed by atoms with Gasteiger partial charge in [-0.15, -0.1) is 0 Å². The fourth-order valence-electron chi connectivity index (χ4n) is 0.846. The molecule has 4 heteroatoms. The first-order valence-electron chi connectivity index (χ1n) is 2.93. The molecule has 1 rings (SSSR count). The van der Waals surface area contributed by atoms with Crippen molar-refractivity contribution < 1.29 is 4.79 Å². The highest BCUT2D eigenvalue weighted by molar-refractivity contribution is 7.78. The Morgan fingerprint density at radius 3 is 2.67 bits per heavy atom. The molecule has 0 aromatic carbocycles. The molecule has 0 bridgehead atoms. The molecule has 2 amide bonds. The van der Waals surface area contributed by atoms with Gasteiger partial charge in [-0.05, 0) is 6.42 Å². The van der Waals surface area contributed by atoms with Gasteiger partial charge >= 0.3 is 6.03 Å². The van der Waals surface area contributed by atoms with E-state index in [1.54, 1.807) is 11.9 Å². The van der Waals surface area contributed by atoms with Crippen LogP contribution in [0.25, 0.3) is 0 Å². The maximum Gasteiger partial charge on any atom is 0.329 e. The van der Waals surface area contributed by atoms with Gasteiger partial charge in [-0.3, -0.25) is 4.31 Å². The Balaban J connectivity index is 2.52. The van der Waals surface area contributed by atoms with Crippen LogP contribution in [0.4, 0.5) is 4.79 Å². The molecule has 0 N–H and O–H groups in total. The van der Waals surface area contributed by atoms with Gasteiger partial charge in [0.15, 0.2) is 0 Å². The largest absolute Gasteiger partial charge is 0.329 e. The van der Waals surface area contributed by atoms with Crippen LogP contribution in [0.1, 0.15) is 6.42 Å². The van der Waals surface area contributed by atoms with Crippen molar-refractivity contribution in [3.8, 4) is 0 Å². The first kappa shape index (κ1) is 6.74. The van der Waals surface area contributed by atoms with Crippen LogP contribution in [-0.4, -0.2) is 35.4 Å². The summed E-state index contributed by atoms with van der Waals surface area (Å²) in [6.07, 6.45) is 1.02. The highest BCUT2D eigenvalue weighted by Gasteiger charge is 2.18. The number of urea groups is 1. The van der Waals surface area contributed by atoms with Crippen molar-refractivity contribution in [1.29, 1.82) is 0 Å². The number of carbonyl (C=O) groups excluding carboxylic acids is 1. The lowest BCUT2D eigenvalue weighted by molar-refractivity contribution is 0.176. The first-order valence-corrected chi connectivity index (χ1v) is 3.33. The zero-order valence-electron chi connectivity index (χ0n) is 5.37. The van der Waals surface area contributed by atoms with Gasteiger partial charge in [-0.1, -0.05) is 12.8 Å². The van der Waals surface area contributed by atoms with Crippen LogP contribution < -0.4 is 0 Å². The fraction of sp³-hybridized carbons (Fsp3) is 0.800. The molecule has 0 unspecified atom stereocenters. The predicted molar refractivity (Wildman–Crippen MR) is 38.3 cm³/mol. The molecule has 9 heavy (non-hydrogen) atoms. The summed E-state index contributed by atoms with van der Waals surface area (Å²) in [5.41, 5.74) is 0. The van der Waals surface area contributed by atoms with E-state index in [1.165, 1.54) is 4.31 Å². The Hall–Kier alpha value is -0.380. The Bertz CT molecular complexity index is 116. The summed E-state index contributed by atoms with van der Waals surface area (Å²) in [7, 11) is 1.78. The monoisotopic (exact) mass is 146 g/mol. The molecule has 52 valence electrons. The summed E-state index contributed by atoms with van der Waals surface area (Å²) >= 11 is 3.96. The molecule has 1 aliphatic heterocycles. The molecule has 1 aliphatic rings. The third-order valence-corrected chi connectivity index (χ3v) is 1.78. The molecule has 0 atom stereocenters. The smallest absolute Gasteiger partial charge is 0.327 e. The predicted octanol–water partition coefficient (Wildman–Crippen LogP) is 0.589. The van der Waals surface area contributed by atoms with Gasteiger partial charge in [0.1, 0.15) is 0 Å². The molecule has 0 spiro atoms. The van der Waals surface area contributed by atoms with Gasteiger partial charge in [0, 0.05) is 20.1 Å². The lowest BCUT2D eigenvalue weighted by Gasteiger charge is -2.28. The highest BCUT2D eigenvalue weighted by atomic mass is 32.1. The summed E-state index contributed by atoms with van der Waals surface area (Å²) in [6.45, 7) is 1.63. The van der Waals surface area contributed by atoms with Crippen LogP contribution in [0.3, 0.4) is 0 Å². The number of rotatable bonds is 0. The van der Waals surface area contributed by atoms with E-state index >= 15 is 0 Å². The molecule has 0 aliphatic carbocycles. The summed E-state index contributed by atoms with van der Waals surface area (Å²) in [4.78, 5) is 12.6. The van der Waals surface area contributed by atoms with Crippen molar-refractivity contribution in [2.75, 3.05) is 20.1 Å². The lowest BCUT2D eigenvalue weighted by Crippen LogP contribution is -2.42. The van der Waals surface area contributed by atoms with E-state index in [4.69, 9.17) is 0 Å². The molecule has 1 heterocycles. The van der Waals surface area contributed by atoms with Gasteiger partial charge < -0.3 is 4.90 Å². The van der Waals surface area contributed by atoms with E-state index < -0.39 is 0 Å². The van der Waals surface area contributed by atoms with Crippen LogP contribution in [0.2, 0.25) is 0 Å². The van der Waals surface area contributed by atoms with E-state index in [9.17, 15) is 4.79 Å². The van der Waals surface area contributed by atoms with Crippen molar-refractivity contribution in [2.24, 2.45) is 0 Å². The molecule has 3 nitrogen and oxygen atoms in total. The zero-order valence-corrected chi connectivity index (χ0v) is 6.27. The fourth-order valence-corrected chi connectivity index (χ4v) is 1.14. The third kappa shape index (κ3) is 1.30. The minimum absolute atomic E-state index is 0.00424. The summed E-state index contributed by atoms with van der Waals surface area (Å²) in [6, 6.07) is 0.00424. The zero-order chi connectivity index (χ0) is 6.85. The molecule has 0 aromatic rings. The number of nitrogens with zero attached hydrogens (tertiary/aromatic N) is 2. The van der Waals surface area contributed by atoms with Gasteiger partial charge in [0.25, 0.3) is 0 Å². The topological polar surface area (TPSA) is 23.6 Å². The van der Waals surface area contributed by atoms with Crippen LogP contribution in [0, 0.1) is 0 Å². The number of amides is 2. The Kier molecular flexibility index (Phi) is 1.85. The first-order chi connectivity index (χ1) is 4.22. The van der Waals surface area contributed by atoms with E-state index in [0.717, 1.165) is 19.5 Å². The Morgan fingerprint density at radius 2 is 2.22 bits per heavy atom. The van der Waals surface area contributed by atoms with Crippen LogP contribution >= 0.6 is 12.8 Å². The minimum atomic E-state index is 0.00424. The molecule has 1 fully saturated rings. The molecule has 0 aromatic heterocycles. The Labute approximate surface area is 60.2 Å². The van der Waals surface area contributed by atoms with Crippen molar-refractivity contribution in [2.45, 2.75) is 6.42 Å². The second-order valence-electron chi connectivity index (χ2n) is 2.18. The average molecular weight is 146 g/mol. The van der Waals surface area contributed by atoms with Gasteiger partial charge in [-0.25, -0.2) is 4.79 Å². The van der Waals surface area contributed by atoms with Crippen LogP contribution in [0.5, 0.6) is 0 Å². The average Bonchev–Trinajstić information content (AvgIpc) is 1.83. The molecular formula is C5H10N2OS. The standard InChI is InChI=1S/C5H10N2OS/c1-6-3-2-4-7(9)5(6)8/h9H,2-4H2,1H3. The summed E-state index contributed by atoms with van der Waals surface area (Å²) < 4.78 is 1.43. The molecule has 1 saturated heterocycles. The van der Waals surface area contributed by atoms with E-state index in [1.807, 2.05) is 0 Å². The van der Waals surface area contributed by atoms with Gasteiger partial charge in [0.05, 0.1) is 0 Å². The minimum Gasteiger partial charge on any atom is -0.327 e. The van der Waals surface area contributed by atoms with Gasteiger partial charge in [-0.2, -0.15) is 0 Å². The number of hydrogen-bond acceptors (Lipinski definition) is 2. The summed E-state index contributed by atoms with van der Waals surface area (Å²) in [5.74, 6) is 0. The normalized spacial score (nSPS) is 20.9. The Morgan fingerprint density at radius 1 is 1.56 bits per heavy atom. The SMILES string of the molecule is CN1CCCN(S)C1=O. The third-order valence-electron chi connectivity index (χ3n) is 1.41. The number of carbonyl (C=O) groups is 1. The second-order valence-corrected chi connectivity index (χ2v) is 2.66. The molecule has 0 saturated carbocycles. The van der Waals surface area contributed by atoms with Crippen molar-refractivity contribution in [3.05, 3.63) is 0 Å². The number of thiol groups is 1. The van der Waals surface area contributed by atoms with Gasteiger partial charge in [0.2, 0.25) is 0 Å². The molecule has 0 radical (unpaired) electrons. The lowest BCUT2D eigenvalue weighted by atomic mass is 10.3. The summed E-state index contributed by atoms with van der Waals surface area (Å²) in [5, 5.41) is 0. The van der Waals surface area contributed by atoms with E-state index in [2.05, 4.69) is 12.8 Å². The molecular weight excluding hydrogens is 136 g/mol. The van der Waals surface area contributed by atoms with Crippen molar-refractivity contribution in [3.63, 3.8) is 0 Å². The highest BCUT2D eigenvalue weighted by Crippen LogP contribution is 2.07.